The highest BCUT2D eigenvalue weighted by Gasteiger charge is 2.32. The number of fused-ring (bicyclic) bond motifs is 1. The number of hydrogen-bond acceptors (Lipinski definition) is 5. The summed E-state index contributed by atoms with van der Waals surface area (Å²) in [5.74, 6) is 5.62. The summed E-state index contributed by atoms with van der Waals surface area (Å²) in [6.45, 7) is 2.21. The summed E-state index contributed by atoms with van der Waals surface area (Å²) >= 11 is 0. The van der Waals surface area contributed by atoms with Gasteiger partial charge in [-0.25, -0.2) is 0 Å². The maximum absolute atomic E-state index is 13.6. The molecule has 2 fully saturated rings. The van der Waals surface area contributed by atoms with E-state index < -0.39 is 24.5 Å². The van der Waals surface area contributed by atoms with Crippen LogP contribution in [-0.4, -0.2) is 67.7 Å². The zero-order chi connectivity index (χ0) is 30.6. The van der Waals surface area contributed by atoms with Gasteiger partial charge in [-0.1, -0.05) is 12.0 Å². The van der Waals surface area contributed by atoms with Crippen molar-refractivity contribution in [2.45, 2.75) is 56.7 Å². The second-order valence-corrected chi connectivity index (χ2v) is 10.8. The molecular weight excluding hydrogens is 574 g/mol. The third-order valence-corrected chi connectivity index (χ3v) is 8.01. The molecule has 0 unspecified atom stereocenters. The van der Waals surface area contributed by atoms with Crippen molar-refractivity contribution in [3.8, 4) is 17.6 Å². The summed E-state index contributed by atoms with van der Waals surface area (Å²) < 4.78 is 91.6. The van der Waals surface area contributed by atoms with Gasteiger partial charge in [0.15, 0.2) is 0 Å². The Morgan fingerprint density at radius 3 is 2.37 bits per heavy atom. The van der Waals surface area contributed by atoms with Gasteiger partial charge < -0.3 is 24.7 Å². The monoisotopic (exact) mass is 608 g/mol. The number of ether oxygens (including phenoxy) is 2. The van der Waals surface area contributed by atoms with Crippen molar-refractivity contribution in [2.75, 3.05) is 50.6 Å². The molecule has 1 aliphatic heterocycles. The normalized spacial score (nSPS) is 20.0. The molecule has 43 heavy (non-hydrogen) atoms. The summed E-state index contributed by atoms with van der Waals surface area (Å²) in [5.41, 5.74) is 0.816. The summed E-state index contributed by atoms with van der Waals surface area (Å²) in [7, 11) is 1.25. The van der Waals surface area contributed by atoms with Gasteiger partial charge in [0.25, 0.3) is 0 Å². The van der Waals surface area contributed by atoms with Crippen LogP contribution in [0.5, 0.6) is 5.75 Å². The van der Waals surface area contributed by atoms with E-state index >= 15 is 0 Å². The SMILES string of the molecule is COc1cc(C(F)(F)F)ccc1NCC#Cc1cc2c(N[C@H]3CC[C@@H](N4CCOCC4)CC3)cccc2n1CC(F)(F)F. The summed E-state index contributed by atoms with van der Waals surface area (Å²) in [4.78, 5) is 2.49. The van der Waals surface area contributed by atoms with Gasteiger partial charge in [0.1, 0.15) is 12.3 Å². The van der Waals surface area contributed by atoms with Crippen molar-refractivity contribution in [3.63, 3.8) is 0 Å². The van der Waals surface area contributed by atoms with E-state index in [1.807, 2.05) is 6.07 Å². The Morgan fingerprint density at radius 2 is 1.70 bits per heavy atom. The number of benzene rings is 2. The minimum atomic E-state index is -4.52. The van der Waals surface area contributed by atoms with Crippen LogP contribution in [0.4, 0.5) is 37.7 Å². The van der Waals surface area contributed by atoms with E-state index in [1.165, 1.54) is 13.2 Å². The fourth-order valence-corrected chi connectivity index (χ4v) is 5.90. The molecule has 2 aliphatic rings. The van der Waals surface area contributed by atoms with Gasteiger partial charge in [0.2, 0.25) is 0 Å². The van der Waals surface area contributed by atoms with Gasteiger partial charge in [-0.05, 0) is 68.0 Å². The number of methoxy groups -OCH3 is 1. The molecule has 6 nitrogen and oxygen atoms in total. The van der Waals surface area contributed by atoms with Crippen LogP contribution in [-0.2, 0) is 17.5 Å². The minimum absolute atomic E-state index is 0.0162. The number of halogens is 6. The molecule has 0 amide bonds. The first-order valence-electron chi connectivity index (χ1n) is 14.3. The van der Waals surface area contributed by atoms with Crippen LogP contribution in [0.1, 0.15) is 36.9 Å². The first-order chi connectivity index (χ1) is 20.5. The number of rotatable bonds is 7. The number of nitrogens with zero attached hydrogens (tertiary/aromatic N) is 2. The fraction of sp³-hybridized carbons (Fsp3) is 0.484. The van der Waals surface area contributed by atoms with E-state index in [9.17, 15) is 26.3 Å². The highest BCUT2D eigenvalue weighted by Crippen LogP contribution is 2.35. The number of aromatic nitrogens is 1. The average molecular weight is 609 g/mol. The molecule has 12 heteroatoms. The predicted octanol–water partition coefficient (Wildman–Crippen LogP) is 6.75. The molecule has 0 atom stereocenters. The zero-order valence-corrected chi connectivity index (χ0v) is 23.7. The van der Waals surface area contributed by atoms with Crippen molar-refractivity contribution < 1.29 is 35.8 Å². The van der Waals surface area contributed by atoms with E-state index in [2.05, 4.69) is 27.4 Å². The first kappa shape index (κ1) is 30.9. The lowest BCUT2D eigenvalue weighted by Crippen LogP contribution is -2.46. The van der Waals surface area contributed by atoms with Gasteiger partial charge >= 0.3 is 12.4 Å². The van der Waals surface area contributed by atoms with Crippen molar-refractivity contribution >= 4 is 22.3 Å². The van der Waals surface area contributed by atoms with Crippen LogP contribution < -0.4 is 15.4 Å². The van der Waals surface area contributed by atoms with Crippen LogP contribution in [0, 0.1) is 11.8 Å². The van der Waals surface area contributed by atoms with Crippen LogP contribution in [0.2, 0.25) is 0 Å². The molecule has 3 aromatic rings. The summed E-state index contributed by atoms with van der Waals surface area (Å²) in [6, 6.07) is 10.7. The number of alkyl halides is 6. The third-order valence-electron chi connectivity index (χ3n) is 8.01. The van der Waals surface area contributed by atoms with Crippen molar-refractivity contribution in [2.24, 2.45) is 0 Å². The van der Waals surface area contributed by atoms with E-state index in [-0.39, 0.29) is 29.7 Å². The van der Waals surface area contributed by atoms with Gasteiger partial charge in [-0.15, -0.1) is 0 Å². The molecule has 1 aliphatic carbocycles. The topological polar surface area (TPSA) is 50.7 Å². The van der Waals surface area contributed by atoms with E-state index in [1.54, 1.807) is 18.2 Å². The molecule has 2 heterocycles. The van der Waals surface area contributed by atoms with Crippen molar-refractivity contribution in [3.05, 3.63) is 53.7 Å². The smallest absolute Gasteiger partial charge is 0.416 e. The molecule has 2 aromatic carbocycles. The Kier molecular flexibility index (Phi) is 9.32. The van der Waals surface area contributed by atoms with Gasteiger partial charge in [0.05, 0.1) is 49.3 Å². The second-order valence-electron chi connectivity index (χ2n) is 10.8. The largest absolute Gasteiger partial charge is 0.495 e. The summed E-state index contributed by atoms with van der Waals surface area (Å²) in [5, 5.41) is 7.12. The lowest BCUT2D eigenvalue weighted by Gasteiger charge is -2.39. The lowest BCUT2D eigenvalue weighted by molar-refractivity contribution is -0.140. The molecular formula is C31H34F6N4O2. The number of nitrogens with one attached hydrogen (secondary N) is 2. The maximum atomic E-state index is 13.6. The fourth-order valence-electron chi connectivity index (χ4n) is 5.90. The molecule has 5 rings (SSSR count). The second kappa shape index (κ2) is 13.0. The average Bonchev–Trinajstić information content (AvgIpc) is 3.32. The quantitative estimate of drug-likeness (QED) is 0.230. The Morgan fingerprint density at radius 1 is 0.953 bits per heavy atom. The molecule has 1 saturated carbocycles. The lowest BCUT2D eigenvalue weighted by atomic mass is 9.89. The molecule has 2 N–H and O–H groups in total. The Bertz CT molecular complexity index is 1460. The highest BCUT2D eigenvalue weighted by molar-refractivity contribution is 5.94. The van der Waals surface area contributed by atoms with Gasteiger partial charge in [0, 0.05) is 36.2 Å². The molecule has 0 bridgehead atoms. The van der Waals surface area contributed by atoms with Gasteiger partial charge in [-0.3, -0.25) is 4.90 Å². The van der Waals surface area contributed by atoms with Crippen molar-refractivity contribution in [1.82, 2.24) is 9.47 Å². The third kappa shape index (κ3) is 7.70. The number of anilines is 2. The zero-order valence-electron chi connectivity index (χ0n) is 23.7. The van der Waals surface area contributed by atoms with Crippen LogP contribution >= 0.6 is 0 Å². The standard InChI is InChI=1S/C31H34F6N4O2/c1-42-29-18-21(31(35,36)37)7-12-27(29)38-13-3-4-24-19-25-26(5-2-6-28(25)41(24)20-30(32,33)34)39-22-8-10-23(11-9-22)40-14-16-43-17-15-40/h2,5-7,12,18-19,22-23,38-39H,8-11,13-17,20H2,1H3/t22-,23+. The van der Waals surface area contributed by atoms with Crippen LogP contribution in [0.15, 0.2) is 42.5 Å². The van der Waals surface area contributed by atoms with Gasteiger partial charge in [-0.2, -0.15) is 26.3 Å². The molecule has 0 radical (unpaired) electrons. The maximum Gasteiger partial charge on any atom is 0.416 e. The molecule has 232 valence electrons. The number of hydrogen-bond donors (Lipinski definition) is 2. The predicted molar refractivity (Wildman–Crippen MR) is 153 cm³/mol. The Labute approximate surface area is 246 Å². The Balaban J connectivity index is 1.32. The van der Waals surface area contributed by atoms with Crippen molar-refractivity contribution in [1.29, 1.82) is 0 Å². The van der Waals surface area contributed by atoms with Crippen LogP contribution in [0.3, 0.4) is 0 Å². The molecule has 0 spiro atoms. The molecule has 1 aromatic heterocycles. The number of morpholine rings is 1. The Hall–Kier alpha value is -3.56. The van der Waals surface area contributed by atoms with E-state index in [0.717, 1.165) is 74.4 Å². The highest BCUT2D eigenvalue weighted by atomic mass is 19.4. The van der Waals surface area contributed by atoms with E-state index in [4.69, 9.17) is 9.47 Å². The summed E-state index contributed by atoms with van der Waals surface area (Å²) in [6.07, 6.45) is -4.95. The molecule has 1 saturated heterocycles. The van der Waals surface area contributed by atoms with Crippen LogP contribution in [0.25, 0.3) is 10.9 Å². The van der Waals surface area contributed by atoms with E-state index in [0.29, 0.717) is 16.9 Å². The first-order valence-corrected chi connectivity index (χ1v) is 14.3. The minimum Gasteiger partial charge on any atom is -0.495 e.